The predicted molar refractivity (Wildman–Crippen MR) is 136 cm³/mol. The molecule has 2 N–H and O–H groups in total. The van der Waals surface area contributed by atoms with E-state index in [9.17, 15) is 4.39 Å². The smallest absolute Gasteiger partial charge is 0.245 e. The van der Waals surface area contributed by atoms with Gasteiger partial charge in [-0.25, -0.2) is 24.8 Å². The van der Waals surface area contributed by atoms with E-state index in [-0.39, 0.29) is 11.8 Å². The van der Waals surface area contributed by atoms with Crippen molar-refractivity contribution in [3.63, 3.8) is 0 Å². The van der Waals surface area contributed by atoms with Crippen LogP contribution in [0.1, 0.15) is 5.69 Å². The first-order valence-electron chi connectivity index (χ1n) is 11.1. The Morgan fingerprint density at radius 2 is 1.89 bits per heavy atom. The number of hydrogen-bond donors (Lipinski definition) is 2. The second kappa shape index (κ2) is 11.0. The Kier molecular flexibility index (Phi) is 7.20. The molecule has 1 aliphatic rings. The van der Waals surface area contributed by atoms with Gasteiger partial charge in [-0.3, -0.25) is 4.98 Å². The van der Waals surface area contributed by atoms with Gasteiger partial charge in [-0.05, 0) is 36.4 Å². The SMILES string of the molecule is Fc1cnc(N/N=C/c2ccc(Nc3ccc(-c4ccncn4)c(Cl)c3)cn2)nc1N1CCOCC1. The number of hydrogen-bond acceptors (Lipinski definition) is 10. The Hall–Kier alpha value is -4.22. The molecule has 0 aliphatic carbocycles. The highest BCUT2D eigenvalue weighted by Crippen LogP contribution is 2.30. The summed E-state index contributed by atoms with van der Waals surface area (Å²) in [7, 11) is 0. The molecule has 36 heavy (non-hydrogen) atoms. The van der Waals surface area contributed by atoms with Gasteiger partial charge in [0.05, 0.1) is 53.9 Å². The summed E-state index contributed by atoms with van der Waals surface area (Å²) < 4.78 is 19.5. The zero-order valence-corrected chi connectivity index (χ0v) is 19.7. The highest BCUT2D eigenvalue weighted by Gasteiger charge is 2.17. The molecule has 3 aromatic heterocycles. The summed E-state index contributed by atoms with van der Waals surface area (Å²) in [6.45, 7) is 2.20. The molecular weight excluding hydrogens is 485 g/mol. The van der Waals surface area contributed by atoms with E-state index >= 15 is 0 Å². The van der Waals surface area contributed by atoms with E-state index in [4.69, 9.17) is 16.3 Å². The summed E-state index contributed by atoms with van der Waals surface area (Å²) in [5.41, 5.74) is 6.50. The molecule has 0 atom stereocenters. The van der Waals surface area contributed by atoms with E-state index in [2.05, 4.69) is 40.8 Å². The van der Waals surface area contributed by atoms with E-state index < -0.39 is 5.82 Å². The molecule has 0 bridgehead atoms. The van der Waals surface area contributed by atoms with Crippen LogP contribution in [0, 0.1) is 5.82 Å². The van der Waals surface area contributed by atoms with Crippen LogP contribution >= 0.6 is 11.6 Å². The lowest BCUT2D eigenvalue weighted by molar-refractivity contribution is 0.122. The Labute approximate surface area is 211 Å². The van der Waals surface area contributed by atoms with E-state index in [0.717, 1.165) is 28.8 Å². The first-order chi connectivity index (χ1) is 17.7. The largest absolute Gasteiger partial charge is 0.378 e. The molecule has 0 amide bonds. The van der Waals surface area contributed by atoms with Crippen molar-refractivity contribution in [2.24, 2.45) is 5.10 Å². The minimum Gasteiger partial charge on any atom is -0.378 e. The zero-order chi connectivity index (χ0) is 24.7. The molecule has 0 radical (unpaired) electrons. The molecule has 1 saturated heterocycles. The van der Waals surface area contributed by atoms with E-state index in [1.165, 1.54) is 12.5 Å². The normalized spacial score (nSPS) is 13.7. The minimum absolute atomic E-state index is 0.190. The molecule has 4 aromatic rings. The van der Waals surface area contributed by atoms with Crippen molar-refractivity contribution in [2.75, 3.05) is 41.9 Å². The quantitative estimate of drug-likeness (QED) is 0.282. The van der Waals surface area contributed by atoms with E-state index in [1.807, 2.05) is 29.2 Å². The minimum atomic E-state index is -0.485. The Balaban J connectivity index is 1.20. The van der Waals surface area contributed by atoms with Gasteiger partial charge in [-0.1, -0.05) is 11.6 Å². The third-order valence-corrected chi connectivity index (χ3v) is 5.61. The number of ether oxygens (including phenoxy) is 1. The molecule has 0 spiro atoms. The molecule has 10 nitrogen and oxygen atoms in total. The fraction of sp³-hybridized carbons (Fsp3) is 0.167. The monoisotopic (exact) mass is 505 g/mol. The predicted octanol–water partition coefficient (Wildman–Crippen LogP) is 4.15. The Morgan fingerprint density at radius 1 is 1.03 bits per heavy atom. The number of hydrazone groups is 1. The van der Waals surface area contributed by atoms with Crippen molar-refractivity contribution in [1.82, 2.24) is 24.9 Å². The summed E-state index contributed by atoms with van der Waals surface area (Å²) in [6, 6.07) is 11.1. The second-order valence-corrected chi connectivity index (χ2v) is 8.13. The van der Waals surface area contributed by atoms with Crippen LogP contribution in [0.15, 0.2) is 66.4 Å². The maximum atomic E-state index is 14.2. The van der Waals surface area contributed by atoms with Crippen molar-refractivity contribution in [2.45, 2.75) is 0 Å². The fourth-order valence-electron chi connectivity index (χ4n) is 3.54. The molecule has 0 unspecified atom stereocenters. The topological polar surface area (TPSA) is 113 Å². The van der Waals surface area contributed by atoms with Crippen LogP contribution in [0.3, 0.4) is 0 Å². The standard InChI is InChI=1S/C24H21ClFN9O/c25-20-11-16(3-4-19(20)22-5-6-27-15-30-22)32-18-2-1-17(28-12-18)13-31-34-24-29-14-21(26)23(33-24)35-7-9-36-10-8-35/h1-6,11-15,32H,7-10H2,(H,29,33,34)/b31-13+. The van der Waals surface area contributed by atoms with Gasteiger partial charge in [0.25, 0.3) is 0 Å². The lowest BCUT2D eigenvalue weighted by atomic mass is 10.1. The van der Waals surface area contributed by atoms with Gasteiger partial charge < -0.3 is 15.0 Å². The molecule has 12 heteroatoms. The average molecular weight is 506 g/mol. The molecule has 182 valence electrons. The van der Waals surface area contributed by atoms with E-state index in [1.54, 1.807) is 24.5 Å². The third kappa shape index (κ3) is 5.70. The maximum absolute atomic E-state index is 14.2. The van der Waals surface area contributed by atoms with Crippen LogP contribution in [0.25, 0.3) is 11.3 Å². The fourth-order valence-corrected chi connectivity index (χ4v) is 3.82. The van der Waals surface area contributed by atoms with Gasteiger partial charge in [0, 0.05) is 30.5 Å². The molecule has 1 aliphatic heterocycles. The first kappa shape index (κ1) is 23.5. The van der Waals surface area contributed by atoms with Crippen LogP contribution in [0.4, 0.5) is 27.5 Å². The second-order valence-electron chi connectivity index (χ2n) is 7.72. The summed E-state index contributed by atoms with van der Waals surface area (Å²) in [4.78, 5) is 22.5. The van der Waals surface area contributed by atoms with Crippen LogP contribution < -0.4 is 15.6 Å². The summed E-state index contributed by atoms with van der Waals surface area (Å²) in [5, 5.41) is 7.95. The van der Waals surface area contributed by atoms with Crippen molar-refractivity contribution < 1.29 is 9.13 Å². The van der Waals surface area contributed by atoms with Crippen molar-refractivity contribution in [3.05, 3.63) is 77.8 Å². The molecule has 5 rings (SSSR count). The van der Waals surface area contributed by atoms with E-state index in [0.29, 0.717) is 37.0 Å². The maximum Gasteiger partial charge on any atom is 0.245 e. The number of morpholine rings is 1. The van der Waals surface area contributed by atoms with Crippen molar-refractivity contribution in [1.29, 1.82) is 0 Å². The van der Waals surface area contributed by atoms with Gasteiger partial charge in [-0.2, -0.15) is 10.1 Å². The number of nitrogens with one attached hydrogen (secondary N) is 2. The van der Waals surface area contributed by atoms with Gasteiger partial charge in [0.15, 0.2) is 11.6 Å². The van der Waals surface area contributed by atoms with Gasteiger partial charge in [-0.15, -0.1) is 0 Å². The van der Waals surface area contributed by atoms with Crippen LogP contribution in [0.5, 0.6) is 0 Å². The number of nitrogens with zero attached hydrogens (tertiary/aromatic N) is 7. The van der Waals surface area contributed by atoms with Gasteiger partial charge >= 0.3 is 0 Å². The summed E-state index contributed by atoms with van der Waals surface area (Å²) >= 11 is 6.45. The number of benzene rings is 1. The first-order valence-corrected chi connectivity index (χ1v) is 11.5. The molecular formula is C24H21ClFN9O. The molecule has 4 heterocycles. The molecule has 0 saturated carbocycles. The van der Waals surface area contributed by atoms with Crippen LogP contribution in [-0.4, -0.2) is 57.4 Å². The third-order valence-electron chi connectivity index (χ3n) is 5.30. The van der Waals surface area contributed by atoms with Crippen LogP contribution in [-0.2, 0) is 4.74 Å². The summed E-state index contributed by atoms with van der Waals surface area (Å²) in [6.07, 6.45) is 7.49. The summed E-state index contributed by atoms with van der Waals surface area (Å²) in [5.74, 6) is -0.0689. The lowest BCUT2D eigenvalue weighted by Gasteiger charge is -2.27. The highest BCUT2D eigenvalue weighted by atomic mass is 35.5. The Bertz CT molecular complexity index is 1350. The highest BCUT2D eigenvalue weighted by molar-refractivity contribution is 6.33. The number of rotatable bonds is 7. The van der Waals surface area contributed by atoms with Gasteiger partial charge in [0.2, 0.25) is 5.95 Å². The van der Waals surface area contributed by atoms with Crippen molar-refractivity contribution in [3.8, 4) is 11.3 Å². The van der Waals surface area contributed by atoms with Crippen LogP contribution in [0.2, 0.25) is 5.02 Å². The lowest BCUT2D eigenvalue weighted by Crippen LogP contribution is -2.37. The number of pyridine rings is 1. The zero-order valence-electron chi connectivity index (χ0n) is 19.0. The molecule has 1 fully saturated rings. The number of halogens is 2. The number of aromatic nitrogens is 5. The van der Waals surface area contributed by atoms with Gasteiger partial charge in [0.1, 0.15) is 6.33 Å². The average Bonchev–Trinajstić information content (AvgIpc) is 2.92. The number of anilines is 4. The Morgan fingerprint density at radius 3 is 2.64 bits per heavy atom. The molecule has 1 aromatic carbocycles. The van der Waals surface area contributed by atoms with Crippen molar-refractivity contribution >= 4 is 41.0 Å².